The fourth-order valence-corrected chi connectivity index (χ4v) is 4.60. The van der Waals surface area contributed by atoms with E-state index in [0.29, 0.717) is 64.4 Å². The monoisotopic (exact) mass is 595 g/mol. The maximum atomic E-state index is 13.2. The average Bonchev–Trinajstić information content (AvgIpc) is 2.99. The molecule has 0 saturated carbocycles. The number of nitrogens with zero attached hydrogens (tertiary/aromatic N) is 1. The minimum absolute atomic E-state index is 0.0676. The lowest BCUT2D eigenvalue weighted by molar-refractivity contribution is -0.139. The first kappa shape index (κ1) is 30.6. The van der Waals surface area contributed by atoms with Gasteiger partial charge in [0.2, 0.25) is 0 Å². The molecule has 11 nitrogen and oxygen atoms in total. The first-order chi connectivity index (χ1) is 20.2. The van der Waals surface area contributed by atoms with Crippen molar-refractivity contribution in [2.24, 2.45) is 5.73 Å². The van der Waals surface area contributed by atoms with Gasteiger partial charge in [-0.05, 0) is 55.5 Å². The van der Waals surface area contributed by atoms with E-state index in [4.69, 9.17) is 37.0 Å². The summed E-state index contributed by atoms with van der Waals surface area (Å²) < 4.78 is 17.2. The van der Waals surface area contributed by atoms with Crippen LogP contribution in [0.25, 0.3) is 0 Å². The van der Waals surface area contributed by atoms with E-state index in [1.807, 2.05) is 0 Å². The van der Waals surface area contributed by atoms with Crippen molar-refractivity contribution >= 4 is 40.7 Å². The van der Waals surface area contributed by atoms with Gasteiger partial charge in [-0.1, -0.05) is 23.7 Å². The highest BCUT2D eigenvalue weighted by Gasteiger charge is 2.20. The summed E-state index contributed by atoms with van der Waals surface area (Å²) in [6, 6.07) is 17.0. The van der Waals surface area contributed by atoms with E-state index < -0.39 is 18.5 Å². The fourth-order valence-electron chi connectivity index (χ4n) is 4.43. The summed E-state index contributed by atoms with van der Waals surface area (Å²) in [5.74, 6) is -0.835. The summed E-state index contributed by atoms with van der Waals surface area (Å²) in [4.78, 5) is 26.8. The number of ether oxygens (including phenoxy) is 3. The van der Waals surface area contributed by atoms with Crippen molar-refractivity contribution in [3.8, 4) is 11.5 Å². The number of nitrogens with one attached hydrogen (secondary N) is 3. The Kier molecular flexibility index (Phi) is 10.6. The number of carboxylic acids is 1. The Hall–Kier alpha value is -4.32. The second kappa shape index (κ2) is 14.5. The number of carbonyl (C=O) groups excluding carboxylic acids is 1. The number of halogens is 1. The average molecular weight is 596 g/mol. The summed E-state index contributed by atoms with van der Waals surface area (Å²) in [6.07, 6.45) is 0. The summed E-state index contributed by atoms with van der Waals surface area (Å²) in [6.45, 7) is 5.11. The molecule has 1 amide bonds. The molecule has 4 rings (SSSR count). The second-order valence-electron chi connectivity index (χ2n) is 9.72. The van der Waals surface area contributed by atoms with Crippen LogP contribution < -0.4 is 25.8 Å². The molecule has 1 aliphatic rings. The van der Waals surface area contributed by atoms with Gasteiger partial charge in [0.15, 0.2) is 18.1 Å². The van der Waals surface area contributed by atoms with Crippen LogP contribution in [0.4, 0.5) is 11.4 Å². The summed E-state index contributed by atoms with van der Waals surface area (Å²) in [7, 11) is 0. The Balaban J connectivity index is 1.50. The van der Waals surface area contributed by atoms with E-state index in [-0.39, 0.29) is 18.4 Å². The molecule has 12 heteroatoms. The normalized spacial score (nSPS) is 14.0. The van der Waals surface area contributed by atoms with Crippen LogP contribution in [0.15, 0.2) is 60.7 Å². The topological polar surface area (TPSA) is 159 Å². The largest absolute Gasteiger partial charge is 0.488 e. The van der Waals surface area contributed by atoms with Crippen LogP contribution in [0.5, 0.6) is 11.5 Å². The number of amidine groups is 1. The van der Waals surface area contributed by atoms with Crippen molar-refractivity contribution in [1.29, 1.82) is 5.41 Å². The van der Waals surface area contributed by atoms with E-state index in [1.165, 1.54) is 0 Å². The third-order valence-electron chi connectivity index (χ3n) is 6.70. The van der Waals surface area contributed by atoms with E-state index in [0.717, 1.165) is 13.1 Å². The van der Waals surface area contributed by atoms with Crippen LogP contribution in [-0.2, 0) is 16.1 Å². The molecule has 1 atom stereocenters. The fraction of sp³-hybridized carbons (Fsp3) is 0.300. The van der Waals surface area contributed by atoms with Crippen molar-refractivity contribution in [3.63, 3.8) is 0 Å². The van der Waals surface area contributed by atoms with Crippen LogP contribution in [0, 0.1) is 5.41 Å². The van der Waals surface area contributed by atoms with E-state index in [1.54, 1.807) is 60.7 Å². The quantitative estimate of drug-likeness (QED) is 0.145. The lowest BCUT2D eigenvalue weighted by Crippen LogP contribution is -2.44. The molecule has 222 valence electrons. The lowest BCUT2D eigenvalue weighted by atomic mass is 10.1. The number of nitrogen functional groups attached to an aromatic ring is 1. The number of para-hydroxylation sites is 1. The Bertz CT molecular complexity index is 1410. The van der Waals surface area contributed by atoms with Crippen molar-refractivity contribution in [1.82, 2.24) is 4.90 Å². The van der Waals surface area contributed by atoms with Crippen LogP contribution in [0.1, 0.15) is 28.4 Å². The molecule has 6 N–H and O–H groups in total. The molecule has 0 aromatic heterocycles. The van der Waals surface area contributed by atoms with Crippen molar-refractivity contribution in [3.05, 3.63) is 82.4 Å². The Morgan fingerprint density at radius 1 is 1.12 bits per heavy atom. The molecule has 1 fully saturated rings. The van der Waals surface area contributed by atoms with E-state index >= 15 is 0 Å². The van der Waals surface area contributed by atoms with Gasteiger partial charge >= 0.3 is 5.97 Å². The van der Waals surface area contributed by atoms with Gasteiger partial charge < -0.3 is 35.7 Å². The van der Waals surface area contributed by atoms with Gasteiger partial charge in [-0.15, -0.1) is 0 Å². The van der Waals surface area contributed by atoms with E-state index in [9.17, 15) is 14.7 Å². The van der Waals surface area contributed by atoms with Gasteiger partial charge in [0.05, 0.1) is 18.8 Å². The van der Waals surface area contributed by atoms with Gasteiger partial charge in [0.1, 0.15) is 12.4 Å². The number of hydrogen-bond donors (Lipinski definition) is 5. The molecular weight excluding hydrogens is 562 g/mol. The molecule has 3 aromatic carbocycles. The van der Waals surface area contributed by atoms with Crippen LogP contribution in [-0.4, -0.2) is 73.3 Å². The number of rotatable bonds is 13. The van der Waals surface area contributed by atoms with Gasteiger partial charge in [-0.25, -0.2) is 4.79 Å². The van der Waals surface area contributed by atoms with Gasteiger partial charge in [-0.3, -0.25) is 15.1 Å². The number of amides is 1. The molecule has 42 heavy (non-hydrogen) atoms. The molecule has 1 saturated heterocycles. The Morgan fingerprint density at radius 3 is 2.55 bits per heavy atom. The maximum Gasteiger partial charge on any atom is 0.341 e. The first-order valence-corrected chi connectivity index (χ1v) is 13.8. The molecule has 0 spiro atoms. The van der Waals surface area contributed by atoms with Crippen molar-refractivity contribution < 1.29 is 28.9 Å². The summed E-state index contributed by atoms with van der Waals surface area (Å²) in [5, 5.41) is 23.3. The number of aliphatic carboxylic acids is 1. The zero-order chi connectivity index (χ0) is 30.1. The maximum absolute atomic E-state index is 13.2. The predicted octanol–water partition coefficient (Wildman–Crippen LogP) is 4.05. The molecule has 1 unspecified atom stereocenters. The third-order valence-corrected chi connectivity index (χ3v) is 6.93. The number of anilines is 2. The number of benzene rings is 3. The van der Waals surface area contributed by atoms with Crippen LogP contribution in [0.3, 0.4) is 0 Å². The minimum atomic E-state index is -1.11. The summed E-state index contributed by atoms with van der Waals surface area (Å²) >= 11 is 6.22. The minimum Gasteiger partial charge on any atom is -0.488 e. The molecule has 3 aromatic rings. The smallest absolute Gasteiger partial charge is 0.341 e. The molecule has 1 aliphatic heterocycles. The van der Waals surface area contributed by atoms with Gasteiger partial charge in [0.25, 0.3) is 5.91 Å². The highest BCUT2D eigenvalue weighted by atomic mass is 35.5. The molecule has 0 radical (unpaired) electrons. The molecular formula is C30H34ClN5O6. The second-order valence-corrected chi connectivity index (χ2v) is 10.2. The Labute approximate surface area is 249 Å². The number of morpholine rings is 1. The van der Waals surface area contributed by atoms with E-state index in [2.05, 4.69) is 22.5 Å². The van der Waals surface area contributed by atoms with Crippen LogP contribution in [0.2, 0.25) is 5.02 Å². The highest BCUT2D eigenvalue weighted by Crippen LogP contribution is 2.33. The predicted molar refractivity (Wildman–Crippen MR) is 161 cm³/mol. The summed E-state index contributed by atoms with van der Waals surface area (Å²) in [5.41, 5.74) is 8.04. The highest BCUT2D eigenvalue weighted by molar-refractivity contribution is 6.31. The van der Waals surface area contributed by atoms with Gasteiger partial charge in [0, 0.05) is 53.2 Å². The Morgan fingerprint density at radius 2 is 1.86 bits per heavy atom. The number of carboxylic acid groups (broad SMARTS) is 1. The molecule has 0 aliphatic carbocycles. The van der Waals surface area contributed by atoms with Crippen molar-refractivity contribution in [2.45, 2.75) is 19.5 Å². The zero-order valence-corrected chi connectivity index (χ0v) is 23.9. The number of carbonyl (C=O) groups is 2. The first-order valence-electron chi connectivity index (χ1n) is 13.4. The molecule has 1 heterocycles. The SMILES string of the molecule is CC(COc1cccc(CNc2ccc(Cl)cc2C(=O)Nc2ccc(C(=N)N)cc2)c1OCC(=O)O)N1CCOCC1. The number of hydrogen-bond acceptors (Lipinski definition) is 8. The third kappa shape index (κ3) is 8.35. The molecule has 0 bridgehead atoms. The van der Waals surface area contributed by atoms with Crippen molar-refractivity contribution in [2.75, 3.05) is 50.2 Å². The van der Waals surface area contributed by atoms with Crippen LogP contribution >= 0.6 is 11.6 Å². The van der Waals surface area contributed by atoms with Gasteiger partial charge in [-0.2, -0.15) is 0 Å². The standard InChI is InChI=1S/C30H34ClN5O6/c1-19(36-11-13-40-14-12-36)17-41-26-4-2-3-21(28(26)42-18-27(37)38)16-34-25-10-7-22(31)15-24(25)30(39)35-23-8-5-20(6-9-23)29(32)33/h2-10,15,19,34H,11-14,16-18H2,1H3,(H3,32,33)(H,35,39)(H,37,38). The lowest BCUT2D eigenvalue weighted by Gasteiger charge is -2.32. The number of nitrogens with two attached hydrogens (primary N) is 1. The zero-order valence-electron chi connectivity index (χ0n) is 23.2.